The number of anilines is 3. The van der Waals surface area contributed by atoms with E-state index in [-0.39, 0.29) is 30.1 Å². The van der Waals surface area contributed by atoms with E-state index in [0.29, 0.717) is 41.9 Å². The SMILES string of the molecule is C.CC(C)n1ncc(-c2ccc(N)c(P(C)(C)=O)c2)n1.CC(C)n1ncc(-c2ccc(Nc3nc(Cl)ncc3Br)c(P(C)(C)=O)c2)n1.Clc1ncc(Br)c(Cl)n1.[2H]CF. The molecular weight excluding hydrogens is 980 g/mol. The van der Waals surface area contributed by atoms with Crippen LogP contribution in [0, 0.1) is 0 Å². The summed E-state index contributed by atoms with van der Waals surface area (Å²) in [4.78, 5) is 18.7. The lowest BCUT2D eigenvalue weighted by atomic mass is 10.1. The Morgan fingerprint density at radius 1 is 0.759 bits per heavy atom. The Hall–Kier alpha value is -3.30. The maximum absolute atomic E-state index is 12.9. The quantitative estimate of drug-likeness (QED) is 0.0637. The Labute approximate surface area is 371 Å². The molecule has 0 spiro atoms. The zero-order chi connectivity index (χ0) is 43.5. The topological polar surface area (TPSA) is 185 Å². The second-order valence-corrected chi connectivity index (χ2v) is 22.3. The first-order valence-corrected chi connectivity index (χ1v) is 24.6. The molecule has 4 heterocycles. The molecule has 0 aliphatic heterocycles. The molecule has 0 saturated heterocycles. The number of halogens is 6. The highest BCUT2D eigenvalue weighted by Gasteiger charge is 2.20. The molecule has 0 aliphatic rings. The fourth-order valence-electron chi connectivity index (χ4n) is 4.61. The van der Waals surface area contributed by atoms with Gasteiger partial charge in [0.25, 0.3) is 0 Å². The molecule has 4 aromatic heterocycles. The molecular formula is C36H46Br2Cl3FN12O2P2. The largest absolute Gasteiger partial charge is 0.398 e. The maximum atomic E-state index is 12.9. The van der Waals surface area contributed by atoms with Crippen molar-refractivity contribution in [3.63, 3.8) is 0 Å². The lowest BCUT2D eigenvalue weighted by molar-refractivity contribution is 0.467. The fourth-order valence-corrected chi connectivity index (χ4v) is 7.84. The summed E-state index contributed by atoms with van der Waals surface area (Å²) in [7, 11) is -5.98. The van der Waals surface area contributed by atoms with E-state index >= 15 is 0 Å². The first-order chi connectivity index (χ1) is 27.0. The van der Waals surface area contributed by atoms with Crippen molar-refractivity contribution in [2.24, 2.45) is 0 Å². The van der Waals surface area contributed by atoms with Gasteiger partial charge >= 0.3 is 0 Å². The number of rotatable bonds is 8. The average molecular weight is 1030 g/mol. The van der Waals surface area contributed by atoms with E-state index in [0.717, 1.165) is 22.5 Å². The summed E-state index contributed by atoms with van der Waals surface area (Å²) in [5.41, 5.74) is 10.4. The highest BCUT2D eigenvalue weighted by Crippen LogP contribution is 2.41. The lowest BCUT2D eigenvalue weighted by Crippen LogP contribution is -2.11. The molecule has 6 aromatic rings. The number of aromatic nitrogens is 10. The Morgan fingerprint density at radius 3 is 1.64 bits per heavy atom. The standard InChI is InChI=1S/C17H19BrClN6OP.C13H19N4OP.C4HBrCl2N2.CH3F.CH4/c1-10(2)25-21-9-14(24-25)11-5-6-13(15(7-11)27(3,4)26)22-16-12(18)8-20-17(19)23-16;1-9(2)17-15-8-12(16-17)10-5-6-11(14)13(7-10)19(3,4)18;5-2-1-8-4(7)9-3(2)6;1-2;/h5-10H,1-4H3,(H,20,22,23);5-9H,14H2,1-4H3;1H;1H3;1H4/i;;;1D;. The number of nitrogens with two attached hydrogens (primary N) is 1. The van der Waals surface area contributed by atoms with E-state index in [1.807, 2.05) is 58.0 Å². The number of nitrogens with one attached hydrogen (secondary N) is 1. The van der Waals surface area contributed by atoms with Crippen LogP contribution in [0.4, 0.5) is 21.6 Å². The van der Waals surface area contributed by atoms with Gasteiger partial charge in [0.05, 0.1) is 47.6 Å². The second kappa shape index (κ2) is 22.3. The summed E-state index contributed by atoms with van der Waals surface area (Å²) in [6.45, 7) is 14.9. The molecule has 0 atom stereocenters. The van der Waals surface area contributed by atoms with Crippen LogP contribution < -0.4 is 21.7 Å². The molecule has 14 nitrogen and oxygen atoms in total. The fraction of sp³-hybridized carbons (Fsp3) is 0.333. The van der Waals surface area contributed by atoms with Gasteiger partial charge in [0.1, 0.15) is 36.6 Å². The van der Waals surface area contributed by atoms with Crippen molar-refractivity contribution in [1.82, 2.24) is 49.9 Å². The van der Waals surface area contributed by atoms with Crippen LogP contribution in [0.3, 0.4) is 0 Å². The van der Waals surface area contributed by atoms with Gasteiger partial charge in [-0.1, -0.05) is 31.2 Å². The molecule has 0 saturated carbocycles. The van der Waals surface area contributed by atoms with Crippen LogP contribution in [0.2, 0.25) is 15.7 Å². The van der Waals surface area contributed by atoms with Crippen molar-refractivity contribution >= 4 is 109 Å². The number of nitrogen functional groups attached to an aromatic ring is 1. The zero-order valence-electron chi connectivity index (χ0n) is 33.2. The van der Waals surface area contributed by atoms with E-state index in [4.69, 9.17) is 41.9 Å². The van der Waals surface area contributed by atoms with E-state index in [1.54, 1.807) is 60.9 Å². The predicted octanol–water partition coefficient (Wildman–Crippen LogP) is 10.8. The average Bonchev–Trinajstić information content (AvgIpc) is 3.84. The highest BCUT2D eigenvalue weighted by molar-refractivity contribution is 9.11. The molecule has 0 unspecified atom stereocenters. The van der Waals surface area contributed by atoms with E-state index in [1.165, 1.54) is 6.20 Å². The van der Waals surface area contributed by atoms with E-state index in [9.17, 15) is 13.5 Å². The minimum atomic E-state index is -2.59. The van der Waals surface area contributed by atoms with Gasteiger partial charge in [-0.05, 0) is 134 Å². The van der Waals surface area contributed by atoms with Gasteiger partial charge in [0, 0.05) is 39.8 Å². The molecule has 6 rings (SSSR count). The summed E-state index contributed by atoms with van der Waals surface area (Å²) >= 11 is 23.3. The number of hydrogen-bond acceptors (Lipinski definition) is 12. The summed E-state index contributed by atoms with van der Waals surface area (Å²) in [6.07, 6.45) is 6.49. The monoisotopic (exact) mass is 1020 g/mol. The van der Waals surface area contributed by atoms with Crippen LogP contribution >= 0.6 is 80.9 Å². The van der Waals surface area contributed by atoms with Crippen molar-refractivity contribution in [1.29, 1.82) is 0 Å². The van der Waals surface area contributed by atoms with Gasteiger partial charge in [0.15, 0.2) is 0 Å². The van der Waals surface area contributed by atoms with Crippen LogP contribution in [0.5, 0.6) is 0 Å². The third kappa shape index (κ3) is 14.5. The first kappa shape index (κ1) is 49.1. The number of nitrogens with zero attached hydrogens (tertiary/aromatic N) is 10. The summed E-state index contributed by atoms with van der Waals surface area (Å²) < 4.78 is 41.9. The highest BCUT2D eigenvalue weighted by atomic mass is 79.9. The normalized spacial score (nSPS) is 11.3. The second-order valence-electron chi connectivity index (χ2n) is 13.2. The number of benzene rings is 2. The Balaban J connectivity index is 0.000000324. The first-order valence-electron chi connectivity index (χ1n) is 17.4. The van der Waals surface area contributed by atoms with Gasteiger partial charge in [-0.25, -0.2) is 15.0 Å². The Kier molecular flexibility index (Phi) is 18.9. The lowest BCUT2D eigenvalue weighted by Gasteiger charge is -2.16. The van der Waals surface area contributed by atoms with Crippen molar-refractivity contribution in [2.75, 3.05) is 44.9 Å². The minimum absolute atomic E-state index is 0. The van der Waals surface area contributed by atoms with Gasteiger partial charge in [-0.15, -0.1) is 0 Å². The maximum Gasteiger partial charge on any atom is 0.224 e. The molecule has 58 heavy (non-hydrogen) atoms. The number of alkyl halides is 1. The van der Waals surface area contributed by atoms with E-state index in [2.05, 4.69) is 77.5 Å². The minimum Gasteiger partial charge on any atom is -0.398 e. The van der Waals surface area contributed by atoms with Crippen LogP contribution in [-0.2, 0) is 9.13 Å². The van der Waals surface area contributed by atoms with Crippen LogP contribution in [0.25, 0.3) is 22.5 Å². The molecule has 0 amide bonds. The Bertz CT molecular complexity index is 2410. The molecule has 22 heteroatoms. The molecule has 314 valence electrons. The van der Waals surface area contributed by atoms with Crippen LogP contribution in [0.1, 0.15) is 48.6 Å². The third-order valence-corrected chi connectivity index (χ3v) is 12.5. The molecule has 0 aliphatic carbocycles. The molecule has 0 bridgehead atoms. The molecule has 0 fully saturated rings. The van der Waals surface area contributed by atoms with Crippen molar-refractivity contribution in [3.05, 3.63) is 85.9 Å². The molecule has 0 radical (unpaired) electrons. The Morgan fingerprint density at radius 2 is 1.21 bits per heavy atom. The van der Waals surface area contributed by atoms with Gasteiger partial charge in [-0.2, -0.15) is 35.0 Å². The zero-order valence-corrected chi connectivity index (χ0v) is 39.4. The van der Waals surface area contributed by atoms with Crippen molar-refractivity contribution < 1.29 is 14.9 Å². The summed E-state index contributed by atoms with van der Waals surface area (Å²) in [5, 5.41) is 22.6. The van der Waals surface area contributed by atoms with Gasteiger partial charge in [0.2, 0.25) is 10.6 Å². The van der Waals surface area contributed by atoms with Crippen LogP contribution in [-0.4, -0.2) is 83.7 Å². The number of hydrogen-bond donors (Lipinski definition) is 2. The van der Waals surface area contributed by atoms with Crippen molar-refractivity contribution in [2.45, 2.75) is 47.2 Å². The van der Waals surface area contributed by atoms with Gasteiger partial charge in [-0.3, -0.25) is 4.39 Å². The van der Waals surface area contributed by atoms with E-state index < -0.39 is 21.4 Å². The third-order valence-electron chi connectivity index (χ3n) is 7.36. The molecule has 2 aromatic carbocycles. The smallest absolute Gasteiger partial charge is 0.224 e. The molecule has 3 N–H and O–H groups in total. The summed E-state index contributed by atoms with van der Waals surface area (Å²) in [6, 6.07) is 11.5. The summed E-state index contributed by atoms with van der Waals surface area (Å²) in [5.74, 6) is 0.503. The van der Waals surface area contributed by atoms with Crippen molar-refractivity contribution in [3.8, 4) is 22.5 Å². The van der Waals surface area contributed by atoms with Gasteiger partial charge < -0.3 is 20.2 Å². The predicted molar refractivity (Wildman–Crippen MR) is 246 cm³/mol. The van der Waals surface area contributed by atoms with Crippen LogP contribution in [0.15, 0.2) is 70.1 Å².